The van der Waals surface area contributed by atoms with Crippen molar-refractivity contribution in [3.05, 3.63) is 35.4 Å². The van der Waals surface area contributed by atoms with Gasteiger partial charge in [-0.15, -0.1) is 0 Å². The van der Waals surface area contributed by atoms with Crippen LogP contribution in [0.3, 0.4) is 0 Å². The van der Waals surface area contributed by atoms with Gasteiger partial charge in [-0.2, -0.15) is 0 Å². The number of hydrogen-bond donors (Lipinski definition) is 2. The highest BCUT2D eigenvalue weighted by molar-refractivity contribution is 5.73. The fraction of sp³-hybridized carbons (Fsp3) is 0.364. The van der Waals surface area contributed by atoms with Crippen LogP contribution in [0.1, 0.15) is 24.2 Å². The molecule has 0 unspecified atom stereocenters. The topological polar surface area (TPSA) is 41.1 Å². The summed E-state index contributed by atoms with van der Waals surface area (Å²) in [5.41, 5.74) is 2.51. The molecule has 1 aliphatic rings. The molecule has 1 heterocycles. The molecule has 1 aromatic carbocycles. The Labute approximate surface area is 83.5 Å². The first-order chi connectivity index (χ1) is 6.77. The summed E-state index contributed by atoms with van der Waals surface area (Å²) in [6.45, 7) is 2.46. The number of rotatable bonds is 1. The monoisotopic (exact) mass is 190 g/mol. The van der Waals surface area contributed by atoms with E-state index in [9.17, 15) is 4.79 Å². The Kier molecular flexibility index (Phi) is 2.50. The Morgan fingerprint density at radius 3 is 3.07 bits per heavy atom. The molecule has 0 spiro atoms. The summed E-state index contributed by atoms with van der Waals surface area (Å²) in [6.07, 6.45) is 1.02. The maximum Gasteiger partial charge on any atom is 0.218 e. The maximum absolute atomic E-state index is 11.0. The second kappa shape index (κ2) is 3.80. The first-order valence-corrected chi connectivity index (χ1v) is 4.85. The summed E-state index contributed by atoms with van der Waals surface area (Å²) in [7, 11) is 0. The molecular weight excluding hydrogens is 176 g/mol. The van der Waals surface area contributed by atoms with E-state index in [2.05, 4.69) is 22.8 Å². The van der Waals surface area contributed by atoms with Crippen LogP contribution in [0.15, 0.2) is 24.3 Å². The first kappa shape index (κ1) is 9.21. The van der Waals surface area contributed by atoms with Crippen LogP contribution in [0.25, 0.3) is 0 Å². The molecule has 0 aliphatic carbocycles. The van der Waals surface area contributed by atoms with Gasteiger partial charge in [-0.05, 0) is 17.5 Å². The predicted molar refractivity (Wildman–Crippen MR) is 54.7 cm³/mol. The summed E-state index contributed by atoms with van der Waals surface area (Å²) < 4.78 is 0. The Morgan fingerprint density at radius 1 is 1.50 bits per heavy atom. The van der Waals surface area contributed by atoms with E-state index in [1.165, 1.54) is 11.1 Å². The van der Waals surface area contributed by atoms with Gasteiger partial charge in [0.15, 0.2) is 0 Å². The van der Waals surface area contributed by atoms with Gasteiger partial charge in [-0.3, -0.25) is 10.1 Å². The quantitative estimate of drug-likeness (QED) is 0.692. The minimum absolute atomic E-state index is 0.000738. The van der Waals surface area contributed by atoms with Gasteiger partial charge in [0.1, 0.15) is 6.17 Å². The Hall–Kier alpha value is -1.35. The summed E-state index contributed by atoms with van der Waals surface area (Å²) in [5.74, 6) is -0.000738. The van der Waals surface area contributed by atoms with E-state index in [4.69, 9.17) is 0 Å². The molecule has 0 saturated heterocycles. The highest BCUT2D eigenvalue weighted by Gasteiger charge is 2.18. The number of hydrogen-bond acceptors (Lipinski definition) is 2. The molecule has 3 nitrogen and oxygen atoms in total. The van der Waals surface area contributed by atoms with Gasteiger partial charge in [0, 0.05) is 13.5 Å². The number of fused-ring (bicyclic) bond motifs is 1. The molecule has 1 amide bonds. The molecule has 2 N–H and O–H groups in total. The van der Waals surface area contributed by atoms with Crippen molar-refractivity contribution in [3.63, 3.8) is 0 Å². The molecule has 0 radical (unpaired) electrons. The fourth-order valence-corrected chi connectivity index (χ4v) is 1.84. The lowest BCUT2D eigenvalue weighted by Gasteiger charge is -2.27. The minimum Gasteiger partial charge on any atom is -0.337 e. The number of carbonyl (C=O) groups is 1. The SMILES string of the molecule is CC(=O)N[C@H]1NCCc2ccccc21. The van der Waals surface area contributed by atoms with E-state index in [0.717, 1.165) is 13.0 Å². The van der Waals surface area contributed by atoms with E-state index in [0.29, 0.717) is 0 Å². The van der Waals surface area contributed by atoms with E-state index in [1.54, 1.807) is 6.92 Å². The molecule has 1 atom stereocenters. The smallest absolute Gasteiger partial charge is 0.218 e. The van der Waals surface area contributed by atoms with Crippen LogP contribution in [0.2, 0.25) is 0 Å². The van der Waals surface area contributed by atoms with Gasteiger partial charge in [-0.25, -0.2) is 0 Å². The average Bonchev–Trinajstić information content (AvgIpc) is 2.18. The van der Waals surface area contributed by atoms with Gasteiger partial charge in [0.2, 0.25) is 5.91 Å². The van der Waals surface area contributed by atoms with Gasteiger partial charge < -0.3 is 5.32 Å². The number of nitrogens with one attached hydrogen (secondary N) is 2. The predicted octanol–water partition coefficient (Wildman–Crippen LogP) is 0.967. The van der Waals surface area contributed by atoms with Crippen LogP contribution in [-0.2, 0) is 11.2 Å². The molecule has 1 aromatic rings. The zero-order valence-electron chi connectivity index (χ0n) is 8.21. The molecule has 0 saturated carbocycles. The van der Waals surface area contributed by atoms with Crippen molar-refractivity contribution in [1.29, 1.82) is 0 Å². The lowest BCUT2D eigenvalue weighted by Crippen LogP contribution is -2.41. The van der Waals surface area contributed by atoms with Crippen molar-refractivity contribution in [1.82, 2.24) is 10.6 Å². The second-order valence-electron chi connectivity index (χ2n) is 3.54. The maximum atomic E-state index is 11.0. The van der Waals surface area contributed by atoms with Crippen molar-refractivity contribution in [3.8, 4) is 0 Å². The molecule has 14 heavy (non-hydrogen) atoms. The number of benzene rings is 1. The van der Waals surface area contributed by atoms with Crippen molar-refractivity contribution in [2.75, 3.05) is 6.54 Å². The third kappa shape index (κ3) is 1.77. The third-order valence-corrected chi connectivity index (χ3v) is 2.46. The van der Waals surface area contributed by atoms with Crippen LogP contribution >= 0.6 is 0 Å². The van der Waals surface area contributed by atoms with Gasteiger partial charge in [0.05, 0.1) is 0 Å². The van der Waals surface area contributed by atoms with E-state index >= 15 is 0 Å². The Morgan fingerprint density at radius 2 is 2.29 bits per heavy atom. The van der Waals surface area contributed by atoms with Crippen LogP contribution < -0.4 is 10.6 Å². The van der Waals surface area contributed by atoms with Crippen LogP contribution in [0.5, 0.6) is 0 Å². The second-order valence-corrected chi connectivity index (χ2v) is 3.54. The summed E-state index contributed by atoms with van der Waals surface area (Å²) in [5, 5.41) is 6.16. The number of amides is 1. The average molecular weight is 190 g/mol. The van der Waals surface area contributed by atoms with Crippen LogP contribution in [-0.4, -0.2) is 12.5 Å². The van der Waals surface area contributed by atoms with E-state index < -0.39 is 0 Å². The van der Waals surface area contributed by atoms with Gasteiger partial charge in [0.25, 0.3) is 0 Å². The lowest BCUT2D eigenvalue weighted by molar-refractivity contribution is -0.119. The third-order valence-electron chi connectivity index (χ3n) is 2.46. The Balaban J connectivity index is 2.26. The van der Waals surface area contributed by atoms with Gasteiger partial charge in [-0.1, -0.05) is 24.3 Å². The molecule has 0 bridgehead atoms. The van der Waals surface area contributed by atoms with Crippen LogP contribution in [0.4, 0.5) is 0 Å². The van der Waals surface area contributed by atoms with E-state index in [-0.39, 0.29) is 12.1 Å². The van der Waals surface area contributed by atoms with Crippen molar-refractivity contribution in [2.45, 2.75) is 19.5 Å². The number of carbonyl (C=O) groups excluding carboxylic acids is 1. The molecular formula is C11H14N2O. The highest BCUT2D eigenvalue weighted by atomic mass is 16.1. The molecule has 0 aromatic heterocycles. The normalized spacial score (nSPS) is 19.9. The standard InChI is InChI=1S/C11H14N2O/c1-8(14)13-11-10-5-3-2-4-9(10)6-7-12-11/h2-5,11-12H,6-7H2,1H3,(H,13,14)/t11-/m1/s1. The Bertz CT molecular complexity index is 349. The zero-order valence-corrected chi connectivity index (χ0v) is 8.21. The van der Waals surface area contributed by atoms with Crippen molar-refractivity contribution >= 4 is 5.91 Å². The highest BCUT2D eigenvalue weighted by Crippen LogP contribution is 2.20. The molecule has 2 rings (SSSR count). The lowest BCUT2D eigenvalue weighted by atomic mass is 9.98. The van der Waals surface area contributed by atoms with Crippen molar-refractivity contribution < 1.29 is 4.79 Å². The molecule has 74 valence electrons. The van der Waals surface area contributed by atoms with Crippen molar-refractivity contribution in [2.24, 2.45) is 0 Å². The fourth-order valence-electron chi connectivity index (χ4n) is 1.84. The summed E-state index contributed by atoms with van der Waals surface area (Å²) in [4.78, 5) is 11.0. The summed E-state index contributed by atoms with van der Waals surface area (Å²) >= 11 is 0. The summed E-state index contributed by atoms with van der Waals surface area (Å²) in [6, 6.07) is 8.21. The molecule has 3 heteroatoms. The van der Waals surface area contributed by atoms with Gasteiger partial charge >= 0.3 is 0 Å². The minimum atomic E-state index is -0.0163. The largest absolute Gasteiger partial charge is 0.337 e. The van der Waals surface area contributed by atoms with Crippen LogP contribution in [0, 0.1) is 0 Å². The first-order valence-electron chi connectivity index (χ1n) is 4.85. The molecule has 1 aliphatic heterocycles. The van der Waals surface area contributed by atoms with E-state index in [1.807, 2.05) is 12.1 Å². The zero-order chi connectivity index (χ0) is 9.97. The molecule has 0 fully saturated rings.